The van der Waals surface area contributed by atoms with E-state index in [4.69, 9.17) is 10.8 Å². The van der Waals surface area contributed by atoms with E-state index < -0.39 is 5.54 Å². The highest BCUT2D eigenvalue weighted by Gasteiger charge is 2.23. The molecule has 0 aromatic carbocycles. The number of nitrogens with zero attached hydrogens (tertiary/aromatic N) is 1. The number of amides is 1. The summed E-state index contributed by atoms with van der Waals surface area (Å²) in [6, 6.07) is 0. The van der Waals surface area contributed by atoms with Crippen molar-refractivity contribution in [3.63, 3.8) is 0 Å². The molecule has 0 atom stereocenters. The number of aromatic nitrogens is 1. The SMILES string of the molecule is Cc1nc(N)sc1C(=O)NC(C)(C)CCO. The van der Waals surface area contributed by atoms with Crippen LogP contribution in [0.25, 0.3) is 0 Å². The fourth-order valence-electron chi connectivity index (χ4n) is 1.33. The predicted molar refractivity (Wildman–Crippen MR) is 64.5 cm³/mol. The van der Waals surface area contributed by atoms with Crippen LogP contribution in [0, 0.1) is 6.92 Å². The fourth-order valence-corrected chi connectivity index (χ4v) is 2.06. The average Bonchev–Trinajstić information content (AvgIpc) is 2.44. The molecule has 0 saturated carbocycles. The Morgan fingerprint density at radius 3 is 2.69 bits per heavy atom. The van der Waals surface area contributed by atoms with Crippen LogP contribution in [0.15, 0.2) is 0 Å². The molecule has 4 N–H and O–H groups in total. The number of aliphatic hydroxyl groups is 1. The molecule has 6 heteroatoms. The van der Waals surface area contributed by atoms with Crippen LogP contribution >= 0.6 is 11.3 Å². The van der Waals surface area contributed by atoms with Gasteiger partial charge in [-0.3, -0.25) is 4.79 Å². The fraction of sp³-hybridized carbons (Fsp3) is 0.600. The van der Waals surface area contributed by atoms with Crippen LogP contribution in [-0.2, 0) is 0 Å². The van der Waals surface area contributed by atoms with E-state index in [-0.39, 0.29) is 12.5 Å². The molecule has 0 bridgehead atoms. The largest absolute Gasteiger partial charge is 0.396 e. The van der Waals surface area contributed by atoms with Crippen LogP contribution in [0.4, 0.5) is 5.13 Å². The maximum atomic E-state index is 11.9. The van der Waals surface area contributed by atoms with Gasteiger partial charge in [0.25, 0.3) is 5.91 Å². The summed E-state index contributed by atoms with van der Waals surface area (Å²) in [6.07, 6.45) is 0.506. The molecule has 0 spiro atoms. The van der Waals surface area contributed by atoms with Gasteiger partial charge in [0, 0.05) is 12.1 Å². The lowest BCUT2D eigenvalue weighted by Gasteiger charge is -2.24. The number of hydrogen-bond acceptors (Lipinski definition) is 5. The first-order valence-corrected chi connectivity index (χ1v) is 5.83. The maximum Gasteiger partial charge on any atom is 0.263 e. The second kappa shape index (κ2) is 4.80. The van der Waals surface area contributed by atoms with Gasteiger partial charge in [0.15, 0.2) is 5.13 Å². The third kappa shape index (κ3) is 3.18. The van der Waals surface area contributed by atoms with Gasteiger partial charge < -0.3 is 16.2 Å². The molecule has 1 amide bonds. The highest BCUT2D eigenvalue weighted by molar-refractivity contribution is 7.17. The highest BCUT2D eigenvalue weighted by Crippen LogP contribution is 2.20. The third-order valence-electron chi connectivity index (χ3n) is 2.21. The van der Waals surface area contributed by atoms with Crippen molar-refractivity contribution in [1.82, 2.24) is 10.3 Å². The molecule has 0 aliphatic rings. The van der Waals surface area contributed by atoms with E-state index in [1.807, 2.05) is 13.8 Å². The van der Waals surface area contributed by atoms with Gasteiger partial charge in [0.05, 0.1) is 5.69 Å². The van der Waals surface area contributed by atoms with Crippen LogP contribution in [0.3, 0.4) is 0 Å². The van der Waals surface area contributed by atoms with Gasteiger partial charge in [-0.2, -0.15) is 0 Å². The van der Waals surface area contributed by atoms with E-state index in [1.54, 1.807) is 6.92 Å². The summed E-state index contributed by atoms with van der Waals surface area (Å²) < 4.78 is 0. The quantitative estimate of drug-likeness (QED) is 0.734. The monoisotopic (exact) mass is 243 g/mol. The van der Waals surface area contributed by atoms with Crippen molar-refractivity contribution in [2.45, 2.75) is 32.7 Å². The molecule has 0 aliphatic heterocycles. The average molecular weight is 243 g/mol. The smallest absolute Gasteiger partial charge is 0.263 e. The standard InChI is InChI=1S/C10H17N3O2S/c1-6-7(16-9(11)12-6)8(15)13-10(2,3)4-5-14/h14H,4-5H2,1-3H3,(H2,11,12)(H,13,15). The zero-order valence-electron chi connectivity index (χ0n) is 9.70. The Kier molecular flexibility index (Phi) is 3.88. The van der Waals surface area contributed by atoms with E-state index >= 15 is 0 Å². The zero-order valence-corrected chi connectivity index (χ0v) is 10.5. The molecular weight excluding hydrogens is 226 g/mol. The van der Waals surface area contributed by atoms with Gasteiger partial charge >= 0.3 is 0 Å². The van der Waals surface area contributed by atoms with Gasteiger partial charge in [0.2, 0.25) is 0 Å². The summed E-state index contributed by atoms with van der Waals surface area (Å²) in [5.74, 6) is -0.190. The van der Waals surface area contributed by atoms with Crippen LogP contribution in [0.2, 0.25) is 0 Å². The lowest BCUT2D eigenvalue weighted by molar-refractivity contribution is 0.0903. The van der Waals surface area contributed by atoms with E-state index in [1.165, 1.54) is 11.3 Å². The number of anilines is 1. The maximum absolute atomic E-state index is 11.9. The van der Waals surface area contributed by atoms with E-state index in [0.717, 1.165) is 0 Å². The van der Waals surface area contributed by atoms with Crippen molar-refractivity contribution in [1.29, 1.82) is 0 Å². The summed E-state index contributed by atoms with van der Waals surface area (Å²) in [5, 5.41) is 12.1. The molecule has 0 radical (unpaired) electrons. The lowest BCUT2D eigenvalue weighted by atomic mass is 10.0. The number of aryl methyl sites for hydroxylation is 1. The Labute approximate surface area is 98.7 Å². The van der Waals surface area contributed by atoms with Crippen LogP contribution < -0.4 is 11.1 Å². The first-order valence-electron chi connectivity index (χ1n) is 5.02. The zero-order chi connectivity index (χ0) is 12.3. The molecule has 0 fully saturated rings. The van der Waals surface area contributed by atoms with Gasteiger partial charge in [-0.25, -0.2) is 4.98 Å². The molecule has 90 valence electrons. The van der Waals surface area contributed by atoms with E-state index in [9.17, 15) is 4.79 Å². The Morgan fingerprint density at radius 2 is 2.25 bits per heavy atom. The molecule has 0 unspecified atom stereocenters. The number of thiazole rings is 1. The number of carbonyl (C=O) groups excluding carboxylic acids is 1. The van der Waals surface area contributed by atoms with Crippen molar-refractivity contribution in [2.75, 3.05) is 12.3 Å². The number of nitrogens with one attached hydrogen (secondary N) is 1. The van der Waals surface area contributed by atoms with E-state index in [2.05, 4.69) is 10.3 Å². The molecule has 1 heterocycles. The van der Waals surface area contributed by atoms with Crippen molar-refractivity contribution in [3.8, 4) is 0 Å². The predicted octanol–water partition coefficient (Wildman–Crippen LogP) is 0.925. The number of rotatable bonds is 4. The Bertz CT molecular complexity index is 387. The molecule has 5 nitrogen and oxygen atoms in total. The van der Waals surface area contributed by atoms with Gasteiger partial charge in [-0.05, 0) is 27.2 Å². The topological polar surface area (TPSA) is 88.2 Å². The number of carbonyl (C=O) groups is 1. The van der Waals surface area contributed by atoms with E-state index in [0.29, 0.717) is 22.1 Å². The summed E-state index contributed by atoms with van der Waals surface area (Å²) in [4.78, 5) is 16.4. The van der Waals surface area contributed by atoms with Crippen LogP contribution in [0.1, 0.15) is 35.6 Å². The molecule has 1 rings (SSSR count). The minimum absolute atomic E-state index is 0.0388. The number of hydrogen-bond donors (Lipinski definition) is 3. The number of nitrogen functional groups attached to an aromatic ring is 1. The minimum Gasteiger partial charge on any atom is -0.396 e. The second-order valence-corrected chi connectivity index (χ2v) is 5.31. The number of nitrogens with two attached hydrogens (primary N) is 1. The van der Waals surface area contributed by atoms with Crippen LogP contribution in [-0.4, -0.2) is 28.1 Å². The molecule has 0 aliphatic carbocycles. The molecule has 1 aromatic rings. The van der Waals surface area contributed by atoms with Gasteiger partial charge in [-0.15, -0.1) is 0 Å². The number of aliphatic hydroxyl groups excluding tert-OH is 1. The van der Waals surface area contributed by atoms with Crippen LogP contribution in [0.5, 0.6) is 0 Å². The second-order valence-electron chi connectivity index (χ2n) is 4.28. The Morgan fingerprint density at radius 1 is 1.62 bits per heavy atom. The van der Waals surface area contributed by atoms with Gasteiger partial charge in [0.1, 0.15) is 4.88 Å². The Balaban J connectivity index is 2.76. The third-order valence-corrected chi connectivity index (χ3v) is 3.19. The van der Waals surface area contributed by atoms with Gasteiger partial charge in [-0.1, -0.05) is 11.3 Å². The highest BCUT2D eigenvalue weighted by atomic mass is 32.1. The first-order chi connectivity index (χ1) is 7.35. The minimum atomic E-state index is -0.434. The normalized spacial score (nSPS) is 11.5. The summed E-state index contributed by atoms with van der Waals surface area (Å²) in [5.41, 5.74) is 5.73. The molecule has 1 aromatic heterocycles. The van der Waals surface area contributed by atoms with Crippen molar-refractivity contribution in [2.24, 2.45) is 0 Å². The van der Waals surface area contributed by atoms with Crippen molar-refractivity contribution < 1.29 is 9.90 Å². The summed E-state index contributed by atoms with van der Waals surface area (Å²) in [6.45, 7) is 5.51. The summed E-state index contributed by atoms with van der Waals surface area (Å²) in [7, 11) is 0. The summed E-state index contributed by atoms with van der Waals surface area (Å²) >= 11 is 1.17. The lowest BCUT2D eigenvalue weighted by Crippen LogP contribution is -2.43. The molecule has 16 heavy (non-hydrogen) atoms. The molecule has 0 saturated heterocycles. The van der Waals surface area contributed by atoms with Crippen molar-refractivity contribution in [3.05, 3.63) is 10.6 Å². The molecular formula is C10H17N3O2S. The van der Waals surface area contributed by atoms with Crippen molar-refractivity contribution >= 4 is 22.4 Å². The Hall–Kier alpha value is -1.14. The first kappa shape index (κ1) is 12.9.